The predicted molar refractivity (Wildman–Crippen MR) is 107 cm³/mol. The molecule has 0 amide bonds. The zero-order valence-corrected chi connectivity index (χ0v) is 15.2. The van der Waals surface area contributed by atoms with Crippen molar-refractivity contribution < 1.29 is 9.84 Å². The van der Waals surface area contributed by atoms with Crippen LogP contribution < -0.4 is 31.9 Å². The third-order valence-electron chi connectivity index (χ3n) is 4.74. The first-order valence-electron chi connectivity index (χ1n) is 8.75. The highest BCUT2D eigenvalue weighted by molar-refractivity contribution is 5.65. The summed E-state index contributed by atoms with van der Waals surface area (Å²) in [5, 5.41) is 14.2. The normalized spacial score (nSPS) is 19.4. The molecule has 0 fully saturated rings. The Hall–Kier alpha value is -3.58. The van der Waals surface area contributed by atoms with Gasteiger partial charge in [0.1, 0.15) is 22.0 Å². The minimum Gasteiger partial charge on any atom is -0.497 e. The van der Waals surface area contributed by atoms with Crippen molar-refractivity contribution in [1.29, 1.82) is 0 Å². The topological polar surface area (TPSA) is 107 Å². The summed E-state index contributed by atoms with van der Waals surface area (Å²) in [5.74, 6) is 0.697. The molecule has 1 atom stereocenters. The van der Waals surface area contributed by atoms with Gasteiger partial charge in [-0.1, -0.05) is 30.3 Å². The summed E-state index contributed by atoms with van der Waals surface area (Å²) >= 11 is 0. The molecular formula is C21H19N3O4. The molecule has 28 heavy (non-hydrogen) atoms. The van der Waals surface area contributed by atoms with Crippen LogP contribution in [0.25, 0.3) is 12.2 Å². The highest BCUT2D eigenvalue weighted by Crippen LogP contribution is 2.35. The number of hydrogen-bond donors (Lipinski definition) is 4. The summed E-state index contributed by atoms with van der Waals surface area (Å²) in [6.45, 7) is 0.216. The van der Waals surface area contributed by atoms with Crippen molar-refractivity contribution in [2.75, 3.05) is 19.0 Å². The van der Waals surface area contributed by atoms with Crippen LogP contribution in [0.1, 0.15) is 11.1 Å². The first-order valence-corrected chi connectivity index (χ1v) is 8.75. The molecule has 7 nitrogen and oxygen atoms in total. The van der Waals surface area contributed by atoms with E-state index in [0.717, 1.165) is 11.3 Å². The van der Waals surface area contributed by atoms with E-state index in [-0.39, 0.29) is 17.2 Å². The molecule has 0 bridgehead atoms. The van der Waals surface area contributed by atoms with Crippen molar-refractivity contribution >= 4 is 17.8 Å². The Morgan fingerprint density at radius 3 is 2.43 bits per heavy atom. The van der Waals surface area contributed by atoms with Crippen molar-refractivity contribution in [3.63, 3.8) is 0 Å². The number of nitrogens with one attached hydrogen (secondary N) is 3. The lowest BCUT2D eigenvalue weighted by Crippen LogP contribution is -2.48. The fraction of sp³-hybridized carbons (Fsp3) is 0.143. The fourth-order valence-corrected chi connectivity index (χ4v) is 3.27. The number of aromatic amines is 2. The van der Waals surface area contributed by atoms with E-state index in [9.17, 15) is 14.7 Å². The van der Waals surface area contributed by atoms with Crippen LogP contribution in [0.3, 0.4) is 0 Å². The van der Waals surface area contributed by atoms with Gasteiger partial charge in [0, 0.05) is 11.3 Å². The molecule has 3 aromatic rings. The Morgan fingerprint density at radius 1 is 1.00 bits per heavy atom. The molecule has 142 valence electrons. The van der Waals surface area contributed by atoms with E-state index in [1.807, 2.05) is 18.2 Å². The van der Waals surface area contributed by atoms with Crippen molar-refractivity contribution in [3.8, 4) is 5.75 Å². The van der Waals surface area contributed by atoms with Crippen molar-refractivity contribution in [3.05, 3.63) is 91.1 Å². The van der Waals surface area contributed by atoms with Crippen LogP contribution in [-0.4, -0.2) is 28.7 Å². The molecule has 2 aromatic carbocycles. The van der Waals surface area contributed by atoms with Crippen LogP contribution in [0, 0.1) is 0 Å². The minimum absolute atomic E-state index is 0.0119. The molecule has 4 N–H and O–H groups in total. The Bertz CT molecular complexity index is 1260. The second-order valence-corrected chi connectivity index (χ2v) is 6.62. The smallest absolute Gasteiger partial charge is 0.272 e. The first-order chi connectivity index (χ1) is 13.5. The highest BCUT2D eigenvalue weighted by Gasteiger charge is 2.34. The van der Waals surface area contributed by atoms with Gasteiger partial charge in [-0.2, -0.15) is 0 Å². The summed E-state index contributed by atoms with van der Waals surface area (Å²) < 4.78 is 5.10. The van der Waals surface area contributed by atoms with E-state index in [4.69, 9.17) is 4.74 Å². The van der Waals surface area contributed by atoms with Gasteiger partial charge in [-0.15, -0.1) is 0 Å². The molecule has 0 saturated carbocycles. The average Bonchev–Trinajstić information content (AvgIpc) is 3.03. The van der Waals surface area contributed by atoms with E-state index in [0.29, 0.717) is 11.3 Å². The Balaban J connectivity index is 1.78. The van der Waals surface area contributed by atoms with E-state index < -0.39 is 16.7 Å². The van der Waals surface area contributed by atoms with Gasteiger partial charge in [-0.05, 0) is 35.9 Å². The zero-order chi connectivity index (χ0) is 19.7. The Morgan fingerprint density at radius 2 is 1.68 bits per heavy atom. The Labute approximate surface area is 159 Å². The van der Waals surface area contributed by atoms with Gasteiger partial charge in [-0.3, -0.25) is 9.59 Å². The fourth-order valence-electron chi connectivity index (χ4n) is 3.27. The number of methoxy groups -OCH3 is 1. The molecule has 1 aliphatic heterocycles. The van der Waals surface area contributed by atoms with Gasteiger partial charge in [-0.25, -0.2) is 0 Å². The van der Waals surface area contributed by atoms with Crippen molar-refractivity contribution in [2.45, 2.75) is 5.60 Å². The third kappa shape index (κ3) is 3.23. The number of anilines is 1. The van der Waals surface area contributed by atoms with Crippen LogP contribution >= 0.6 is 0 Å². The number of aromatic nitrogens is 2. The molecule has 0 aliphatic carbocycles. The molecule has 4 rings (SSSR count). The maximum Gasteiger partial charge on any atom is 0.272 e. The number of H-pyrrole nitrogens is 2. The summed E-state index contributed by atoms with van der Waals surface area (Å²) in [6.07, 6.45) is 2.95. The van der Waals surface area contributed by atoms with E-state index in [1.54, 1.807) is 43.5 Å². The maximum atomic E-state index is 12.5. The van der Waals surface area contributed by atoms with Crippen LogP contribution in [0.15, 0.2) is 58.1 Å². The lowest BCUT2D eigenvalue weighted by Gasteiger charge is -2.17. The van der Waals surface area contributed by atoms with Gasteiger partial charge in [0.25, 0.3) is 11.1 Å². The van der Waals surface area contributed by atoms with E-state index in [2.05, 4.69) is 15.3 Å². The number of benzene rings is 2. The second-order valence-electron chi connectivity index (χ2n) is 6.62. The largest absolute Gasteiger partial charge is 0.497 e. The third-order valence-corrected chi connectivity index (χ3v) is 4.74. The van der Waals surface area contributed by atoms with E-state index >= 15 is 0 Å². The number of aliphatic hydroxyl groups is 1. The van der Waals surface area contributed by atoms with Gasteiger partial charge in [0.05, 0.1) is 13.7 Å². The van der Waals surface area contributed by atoms with Gasteiger partial charge >= 0.3 is 0 Å². The van der Waals surface area contributed by atoms with Gasteiger partial charge < -0.3 is 25.1 Å². The predicted octanol–water partition coefficient (Wildman–Crippen LogP) is -0.00560. The molecule has 1 aromatic heterocycles. The van der Waals surface area contributed by atoms with E-state index in [1.165, 1.54) is 6.08 Å². The SMILES string of the molecule is COc1ccc(C=c2[nH]c(=O)c(=CC3(O)CNc4ccccc43)[nH]c2=O)cc1. The number of ether oxygens (including phenoxy) is 1. The first kappa shape index (κ1) is 17.8. The lowest BCUT2D eigenvalue weighted by atomic mass is 9.96. The average molecular weight is 377 g/mol. The van der Waals surface area contributed by atoms with Crippen LogP contribution in [0.4, 0.5) is 5.69 Å². The zero-order valence-electron chi connectivity index (χ0n) is 15.2. The molecule has 1 aliphatic rings. The number of β-amino-alcohol motifs (C(OH)–C–C–N with tert-alkyl or cyclic N) is 1. The number of hydrogen-bond acceptors (Lipinski definition) is 5. The number of para-hydroxylation sites is 1. The maximum absolute atomic E-state index is 12.5. The van der Waals surface area contributed by atoms with Crippen LogP contribution in [0.5, 0.6) is 5.75 Å². The molecule has 0 radical (unpaired) electrons. The van der Waals surface area contributed by atoms with Gasteiger partial charge in [0.2, 0.25) is 0 Å². The van der Waals surface area contributed by atoms with Crippen LogP contribution in [0.2, 0.25) is 0 Å². The van der Waals surface area contributed by atoms with Gasteiger partial charge in [0.15, 0.2) is 0 Å². The summed E-state index contributed by atoms with van der Waals surface area (Å²) in [5.41, 5.74) is -0.130. The monoisotopic (exact) mass is 377 g/mol. The summed E-state index contributed by atoms with van der Waals surface area (Å²) in [6, 6.07) is 14.4. The standard InChI is InChI=1S/C21H19N3O4/c1-28-14-8-6-13(7-9-14)10-17-19(25)24-18(20(26)23-17)11-21(27)12-22-16-5-3-2-4-15(16)21/h2-11,22,27H,12H2,1H3,(H,23,26)(H,24,25). The molecule has 1 unspecified atom stereocenters. The summed E-state index contributed by atoms with van der Waals surface area (Å²) in [7, 11) is 1.57. The Kier molecular flexibility index (Phi) is 4.37. The molecule has 0 saturated heterocycles. The number of fused-ring (bicyclic) bond motifs is 1. The molecule has 0 spiro atoms. The minimum atomic E-state index is -1.38. The molecule has 7 heteroatoms. The molecule has 2 heterocycles. The summed E-state index contributed by atoms with van der Waals surface area (Å²) in [4.78, 5) is 30.1. The second kappa shape index (κ2) is 6.86. The molecular weight excluding hydrogens is 358 g/mol. The van der Waals surface area contributed by atoms with Crippen molar-refractivity contribution in [2.24, 2.45) is 0 Å². The van der Waals surface area contributed by atoms with Crippen molar-refractivity contribution in [1.82, 2.24) is 9.97 Å². The highest BCUT2D eigenvalue weighted by atomic mass is 16.5. The number of rotatable bonds is 3. The lowest BCUT2D eigenvalue weighted by molar-refractivity contribution is 0.129. The quantitative estimate of drug-likeness (QED) is 0.514. The van der Waals surface area contributed by atoms with Crippen LogP contribution in [-0.2, 0) is 5.60 Å².